The minimum Gasteiger partial charge on any atom is -0.508 e. The Morgan fingerprint density at radius 1 is 1.20 bits per heavy atom. The molecule has 0 fully saturated rings. The van der Waals surface area contributed by atoms with Crippen LogP contribution in [0.4, 0.5) is 11.4 Å². The maximum atomic E-state index is 12.5. The first-order valence-electron chi connectivity index (χ1n) is 5.65. The van der Waals surface area contributed by atoms with Crippen molar-refractivity contribution in [3.8, 4) is 5.75 Å². The van der Waals surface area contributed by atoms with Gasteiger partial charge in [-0.2, -0.15) is 0 Å². The molecule has 2 rings (SSSR count). The van der Waals surface area contributed by atoms with Gasteiger partial charge in [0.1, 0.15) is 10.6 Å². The summed E-state index contributed by atoms with van der Waals surface area (Å²) in [6.07, 6.45) is 0. The van der Waals surface area contributed by atoms with E-state index in [0.29, 0.717) is 10.2 Å². The van der Waals surface area contributed by atoms with Crippen LogP contribution in [0.5, 0.6) is 5.75 Å². The number of halogens is 1. The molecule has 3 N–H and O–H groups in total. The quantitative estimate of drug-likeness (QED) is 0.827. The molecule has 0 radical (unpaired) electrons. The predicted octanol–water partition coefficient (Wildman–Crippen LogP) is 2.56. The van der Waals surface area contributed by atoms with Crippen molar-refractivity contribution in [2.45, 2.75) is 4.90 Å². The summed E-state index contributed by atoms with van der Waals surface area (Å²) in [4.78, 5) is 0.0199. The highest BCUT2D eigenvalue weighted by Crippen LogP contribution is 2.29. The van der Waals surface area contributed by atoms with Crippen molar-refractivity contribution < 1.29 is 13.5 Å². The van der Waals surface area contributed by atoms with Crippen LogP contribution in [-0.2, 0) is 10.0 Å². The van der Waals surface area contributed by atoms with Gasteiger partial charge in [-0.25, -0.2) is 8.42 Å². The van der Waals surface area contributed by atoms with Gasteiger partial charge in [-0.05, 0) is 30.3 Å². The SMILES string of the molecule is CN(c1cccc(O)c1)S(=O)(=O)c1ccc(Br)cc1N. The molecule has 0 aliphatic carbocycles. The highest BCUT2D eigenvalue weighted by molar-refractivity contribution is 9.10. The van der Waals surface area contributed by atoms with E-state index >= 15 is 0 Å². The number of hydrogen-bond acceptors (Lipinski definition) is 4. The Morgan fingerprint density at radius 2 is 1.90 bits per heavy atom. The number of hydrogen-bond donors (Lipinski definition) is 2. The van der Waals surface area contributed by atoms with Gasteiger partial charge >= 0.3 is 0 Å². The Bertz CT molecular complexity index is 747. The summed E-state index contributed by atoms with van der Waals surface area (Å²) in [5.41, 5.74) is 6.28. The van der Waals surface area contributed by atoms with Crippen molar-refractivity contribution in [1.29, 1.82) is 0 Å². The summed E-state index contributed by atoms with van der Waals surface area (Å²) >= 11 is 3.23. The van der Waals surface area contributed by atoms with Crippen LogP contribution in [0.3, 0.4) is 0 Å². The van der Waals surface area contributed by atoms with E-state index in [1.165, 1.54) is 31.3 Å². The number of benzene rings is 2. The van der Waals surface area contributed by atoms with E-state index in [2.05, 4.69) is 15.9 Å². The van der Waals surface area contributed by atoms with E-state index in [9.17, 15) is 13.5 Å². The van der Waals surface area contributed by atoms with Crippen LogP contribution < -0.4 is 10.0 Å². The van der Waals surface area contributed by atoms with Crippen LogP contribution >= 0.6 is 15.9 Å². The Balaban J connectivity index is 2.49. The maximum absolute atomic E-state index is 12.5. The molecule has 20 heavy (non-hydrogen) atoms. The van der Waals surface area contributed by atoms with E-state index in [4.69, 9.17) is 5.73 Å². The van der Waals surface area contributed by atoms with Crippen molar-refractivity contribution >= 4 is 37.3 Å². The lowest BCUT2D eigenvalue weighted by atomic mass is 10.3. The molecule has 0 aliphatic rings. The first kappa shape index (κ1) is 14.7. The number of nitrogens with two attached hydrogens (primary N) is 1. The molecule has 0 aromatic heterocycles. The molecule has 0 saturated carbocycles. The number of sulfonamides is 1. The van der Waals surface area contributed by atoms with Crippen molar-refractivity contribution in [2.75, 3.05) is 17.1 Å². The Kier molecular flexibility index (Phi) is 3.92. The van der Waals surface area contributed by atoms with Crippen molar-refractivity contribution in [2.24, 2.45) is 0 Å². The molecule has 0 aliphatic heterocycles. The van der Waals surface area contributed by atoms with Gasteiger partial charge in [0.15, 0.2) is 0 Å². The Labute approximate surface area is 125 Å². The molecule has 2 aromatic rings. The summed E-state index contributed by atoms with van der Waals surface area (Å²) in [6, 6.07) is 10.6. The molecule has 0 spiro atoms. The molecule has 0 heterocycles. The highest BCUT2D eigenvalue weighted by atomic mass is 79.9. The second kappa shape index (κ2) is 5.34. The standard InChI is InChI=1S/C13H13BrN2O3S/c1-16(10-3-2-4-11(17)8-10)20(18,19)13-6-5-9(14)7-12(13)15/h2-8,17H,15H2,1H3. The lowest BCUT2D eigenvalue weighted by Crippen LogP contribution is -2.27. The van der Waals surface area contributed by atoms with Crippen LogP contribution in [0.25, 0.3) is 0 Å². The van der Waals surface area contributed by atoms with E-state index < -0.39 is 10.0 Å². The Morgan fingerprint density at radius 3 is 2.50 bits per heavy atom. The summed E-state index contributed by atoms with van der Waals surface area (Å²) in [5, 5.41) is 9.44. The zero-order valence-corrected chi connectivity index (χ0v) is 13.0. The van der Waals surface area contributed by atoms with E-state index in [1.54, 1.807) is 18.2 Å². The number of nitrogens with zero attached hydrogens (tertiary/aromatic N) is 1. The van der Waals surface area contributed by atoms with Gasteiger partial charge in [-0.3, -0.25) is 4.31 Å². The molecular weight excluding hydrogens is 344 g/mol. The van der Waals surface area contributed by atoms with E-state index in [0.717, 1.165) is 4.31 Å². The molecular formula is C13H13BrN2O3S. The zero-order valence-electron chi connectivity index (χ0n) is 10.6. The molecule has 0 atom stereocenters. The van der Waals surface area contributed by atoms with Gasteiger partial charge in [-0.1, -0.05) is 22.0 Å². The minimum atomic E-state index is -3.78. The highest BCUT2D eigenvalue weighted by Gasteiger charge is 2.23. The zero-order chi connectivity index (χ0) is 14.9. The van der Waals surface area contributed by atoms with Gasteiger partial charge in [0.25, 0.3) is 10.0 Å². The number of anilines is 2. The molecule has 2 aromatic carbocycles. The minimum absolute atomic E-state index is 0.00618. The molecule has 106 valence electrons. The molecule has 7 heteroatoms. The molecule has 0 saturated heterocycles. The molecule has 0 unspecified atom stereocenters. The second-order valence-electron chi connectivity index (χ2n) is 4.17. The number of phenols is 1. The summed E-state index contributed by atoms with van der Waals surface area (Å²) in [7, 11) is -2.37. The first-order chi connectivity index (χ1) is 9.32. The fraction of sp³-hybridized carbons (Fsp3) is 0.0769. The summed E-state index contributed by atoms with van der Waals surface area (Å²) in [5.74, 6) is -0.00618. The number of phenolic OH excluding ortho intramolecular Hbond substituents is 1. The van der Waals surface area contributed by atoms with Crippen LogP contribution in [0, 0.1) is 0 Å². The van der Waals surface area contributed by atoms with Crippen LogP contribution in [0.15, 0.2) is 51.8 Å². The average Bonchev–Trinajstić information content (AvgIpc) is 2.37. The van der Waals surface area contributed by atoms with Crippen molar-refractivity contribution in [3.05, 3.63) is 46.9 Å². The molecule has 5 nitrogen and oxygen atoms in total. The van der Waals surface area contributed by atoms with Gasteiger partial charge < -0.3 is 10.8 Å². The van der Waals surface area contributed by atoms with Crippen molar-refractivity contribution in [1.82, 2.24) is 0 Å². The van der Waals surface area contributed by atoms with Crippen LogP contribution in [0.2, 0.25) is 0 Å². The molecule has 0 amide bonds. The van der Waals surface area contributed by atoms with Gasteiger partial charge in [-0.15, -0.1) is 0 Å². The summed E-state index contributed by atoms with van der Waals surface area (Å²) < 4.78 is 26.8. The fourth-order valence-corrected chi connectivity index (χ4v) is 3.39. The molecule has 0 bridgehead atoms. The number of rotatable bonds is 3. The fourth-order valence-electron chi connectivity index (χ4n) is 1.73. The predicted molar refractivity (Wildman–Crippen MR) is 82.3 cm³/mol. The first-order valence-corrected chi connectivity index (χ1v) is 7.88. The van der Waals surface area contributed by atoms with Gasteiger partial charge in [0.2, 0.25) is 0 Å². The second-order valence-corrected chi connectivity index (χ2v) is 7.03. The third kappa shape index (κ3) is 2.73. The Hall–Kier alpha value is -1.73. The normalized spacial score (nSPS) is 11.3. The van der Waals surface area contributed by atoms with Gasteiger partial charge in [0.05, 0.1) is 11.4 Å². The average molecular weight is 357 g/mol. The third-order valence-corrected chi connectivity index (χ3v) is 5.16. The topological polar surface area (TPSA) is 83.6 Å². The summed E-state index contributed by atoms with van der Waals surface area (Å²) in [6.45, 7) is 0. The monoisotopic (exact) mass is 356 g/mol. The lowest BCUT2D eigenvalue weighted by Gasteiger charge is -2.20. The van der Waals surface area contributed by atoms with Crippen molar-refractivity contribution in [3.63, 3.8) is 0 Å². The van der Waals surface area contributed by atoms with E-state index in [-0.39, 0.29) is 16.3 Å². The van der Waals surface area contributed by atoms with Crippen LogP contribution in [-0.4, -0.2) is 20.6 Å². The number of aromatic hydroxyl groups is 1. The third-order valence-electron chi connectivity index (χ3n) is 2.80. The van der Waals surface area contributed by atoms with Gasteiger partial charge in [0, 0.05) is 17.6 Å². The lowest BCUT2D eigenvalue weighted by molar-refractivity contribution is 0.475. The van der Waals surface area contributed by atoms with Crippen LogP contribution in [0.1, 0.15) is 0 Å². The number of nitrogen functional groups attached to an aromatic ring is 1. The largest absolute Gasteiger partial charge is 0.508 e. The smallest absolute Gasteiger partial charge is 0.266 e. The maximum Gasteiger partial charge on any atom is 0.266 e. The van der Waals surface area contributed by atoms with E-state index in [1.807, 2.05) is 0 Å².